The fourth-order valence-corrected chi connectivity index (χ4v) is 5.18. The van der Waals surface area contributed by atoms with E-state index in [0.29, 0.717) is 40.4 Å². The molecule has 0 aliphatic rings. The lowest BCUT2D eigenvalue weighted by Crippen LogP contribution is -2.42. The zero-order chi connectivity index (χ0) is 31.1. The molecule has 0 spiro atoms. The number of benzene rings is 3. The van der Waals surface area contributed by atoms with Gasteiger partial charge in [0, 0.05) is 71.8 Å². The van der Waals surface area contributed by atoms with Crippen molar-refractivity contribution < 1.29 is 28.3 Å². The number of rotatable bonds is 11. The monoisotopic (exact) mass is 605 g/mol. The maximum Gasteiger partial charge on any atom is 0.410 e. The molecule has 0 aliphatic heterocycles. The minimum Gasteiger partial charge on any atom is -0.755 e. The molecule has 0 bridgehead atoms. The highest BCUT2D eigenvalue weighted by Crippen LogP contribution is 2.36. The number of carbonyl (C=O) groups is 1. The summed E-state index contributed by atoms with van der Waals surface area (Å²) in [6, 6.07) is 18.2. The van der Waals surface area contributed by atoms with Crippen molar-refractivity contribution in [3.63, 3.8) is 0 Å². The topological polar surface area (TPSA) is 149 Å². The van der Waals surface area contributed by atoms with Crippen molar-refractivity contribution in [2.45, 2.75) is 39.2 Å². The molecule has 12 heteroatoms. The number of hydrogen-bond donors (Lipinski definition) is 1. The van der Waals surface area contributed by atoms with E-state index in [9.17, 15) is 28.8 Å². The molecule has 1 heterocycles. The number of nitro groups is 1. The van der Waals surface area contributed by atoms with Gasteiger partial charge in [-0.2, -0.15) is 0 Å². The Kier molecular flexibility index (Phi) is 9.94. The van der Waals surface area contributed by atoms with E-state index in [4.69, 9.17) is 4.74 Å². The molecule has 0 saturated heterocycles. The molecule has 0 saturated carbocycles. The van der Waals surface area contributed by atoms with Crippen LogP contribution in [0.1, 0.15) is 32.8 Å². The fourth-order valence-electron chi connectivity index (χ4n) is 4.63. The summed E-state index contributed by atoms with van der Waals surface area (Å²) in [5.74, 6) is 0.0515. The van der Waals surface area contributed by atoms with Crippen LogP contribution in [-0.2, 0) is 22.4 Å². The molecule has 0 radical (unpaired) electrons. The summed E-state index contributed by atoms with van der Waals surface area (Å²) in [4.78, 5) is 29.3. The first-order chi connectivity index (χ1) is 20.4. The number of anilines is 1. The maximum atomic E-state index is 13.1. The van der Waals surface area contributed by atoms with Gasteiger partial charge in [0.2, 0.25) is 0 Å². The van der Waals surface area contributed by atoms with Crippen LogP contribution in [0.2, 0.25) is 0 Å². The molecule has 1 amide bonds. The molecule has 4 rings (SSSR count). The summed E-state index contributed by atoms with van der Waals surface area (Å²) >= 11 is -2.70. The van der Waals surface area contributed by atoms with E-state index in [-0.39, 0.29) is 31.1 Å². The Balaban J connectivity index is 1.59. The van der Waals surface area contributed by atoms with Crippen molar-refractivity contribution >= 4 is 39.5 Å². The van der Waals surface area contributed by atoms with Crippen molar-refractivity contribution in [3.05, 3.63) is 94.8 Å². The molecular formula is C31H33N4O7S-. The molecule has 11 nitrogen and oxygen atoms in total. The number of carbonyl (C=O) groups excluding carboxylic acids is 1. The highest BCUT2D eigenvalue weighted by Gasteiger charge is 2.24. The van der Waals surface area contributed by atoms with Gasteiger partial charge in [-0.1, -0.05) is 30.3 Å². The number of nitrogens with zero attached hydrogens (tertiary/aromatic N) is 4. The molecular weight excluding hydrogens is 572 g/mol. The zero-order valence-electron chi connectivity index (χ0n) is 24.1. The standard InChI is InChI=1S/C31H34N4O7S/c1-31(2,3)42-30(37)33(16-6-7-22-10-12-25(13-11-22)35(38)39)17-18-34(43(40)41)28-20-23(27-8-4-5-9-29(27)36)19-24-21-32-15-14-26(24)28/h4-5,8-15,19-21,36H,6-7,16-18H2,1-3H3,(H,40,41)/p-1. The number of non-ortho nitro benzene ring substituents is 1. The lowest BCUT2D eigenvalue weighted by atomic mass is 10.00. The molecule has 43 heavy (non-hydrogen) atoms. The average Bonchev–Trinajstić information content (AvgIpc) is 2.95. The molecule has 0 aliphatic carbocycles. The number of aryl methyl sites for hydroxylation is 1. The fraction of sp³-hybridized carbons (Fsp3) is 0.290. The van der Waals surface area contributed by atoms with Crippen LogP contribution in [-0.4, -0.2) is 60.0 Å². The van der Waals surface area contributed by atoms with Crippen molar-refractivity contribution in [3.8, 4) is 16.9 Å². The van der Waals surface area contributed by atoms with E-state index < -0.39 is 27.9 Å². The third kappa shape index (κ3) is 8.27. The Morgan fingerprint density at radius 1 is 1.05 bits per heavy atom. The summed E-state index contributed by atoms with van der Waals surface area (Å²) in [5.41, 5.74) is 1.63. The Morgan fingerprint density at radius 3 is 2.42 bits per heavy atom. The molecule has 226 valence electrons. The second-order valence-electron chi connectivity index (χ2n) is 10.9. The summed E-state index contributed by atoms with van der Waals surface area (Å²) in [6.45, 7) is 5.51. The Labute approximate surface area is 252 Å². The van der Waals surface area contributed by atoms with Crippen LogP contribution in [0.3, 0.4) is 0 Å². The van der Waals surface area contributed by atoms with Crippen molar-refractivity contribution in [1.29, 1.82) is 0 Å². The SMILES string of the molecule is CC(C)(C)OC(=O)N(CCCc1ccc([N+](=O)[O-])cc1)CCN(c1cc(-c2ccccc2O)cc2cnccc12)S(=O)[O-]. The average molecular weight is 606 g/mol. The smallest absolute Gasteiger partial charge is 0.410 e. The number of nitro benzene ring substituents is 1. The third-order valence-corrected chi connectivity index (χ3v) is 7.40. The van der Waals surface area contributed by atoms with Gasteiger partial charge >= 0.3 is 6.09 Å². The van der Waals surface area contributed by atoms with Crippen molar-refractivity contribution in [2.24, 2.45) is 0 Å². The van der Waals surface area contributed by atoms with E-state index in [1.54, 1.807) is 81.7 Å². The van der Waals surface area contributed by atoms with Gasteiger partial charge in [0.15, 0.2) is 0 Å². The largest absolute Gasteiger partial charge is 0.755 e. The van der Waals surface area contributed by atoms with Crippen LogP contribution in [0.4, 0.5) is 16.2 Å². The molecule has 0 fully saturated rings. The number of pyridine rings is 1. The molecule has 1 unspecified atom stereocenters. The van der Waals surface area contributed by atoms with Crippen LogP contribution in [0.25, 0.3) is 21.9 Å². The van der Waals surface area contributed by atoms with E-state index in [0.717, 1.165) is 5.56 Å². The summed E-state index contributed by atoms with van der Waals surface area (Å²) in [5, 5.41) is 22.7. The summed E-state index contributed by atoms with van der Waals surface area (Å²) in [6.07, 6.45) is 3.69. The number of aromatic hydroxyl groups is 1. The van der Waals surface area contributed by atoms with Gasteiger partial charge in [-0.3, -0.25) is 19.3 Å². The molecule has 4 aromatic rings. The van der Waals surface area contributed by atoms with Gasteiger partial charge in [-0.25, -0.2) is 4.79 Å². The minimum atomic E-state index is -2.70. The number of ether oxygens (including phenoxy) is 1. The second kappa shape index (κ2) is 13.6. The van der Waals surface area contributed by atoms with E-state index >= 15 is 0 Å². The van der Waals surface area contributed by atoms with Gasteiger partial charge in [-0.15, -0.1) is 0 Å². The van der Waals surface area contributed by atoms with Gasteiger partial charge < -0.3 is 23.6 Å². The predicted molar refractivity (Wildman–Crippen MR) is 164 cm³/mol. The first-order valence-corrected chi connectivity index (χ1v) is 14.7. The van der Waals surface area contributed by atoms with E-state index in [1.165, 1.54) is 21.3 Å². The normalized spacial score (nSPS) is 12.1. The number of para-hydroxylation sites is 1. The molecule has 1 N–H and O–H groups in total. The highest BCUT2D eigenvalue weighted by atomic mass is 32.2. The maximum absolute atomic E-state index is 13.1. The first-order valence-electron chi connectivity index (χ1n) is 13.7. The number of aromatic nitrogens is 1. The van der Waals surface area contributed by atoms with E-state index in [2.05, 4.69) is 4.98 Å². The molecule has 1 aromatic heterocycles. The Morgan fingerprint density at radius 2 is 1.77 bits per heavy atom. The van der Waals surface area contributed by atoms with Crippen molar-refractivity contribution in [2.75, 3.05) is 23.9 Å². The predicted octanol–water partition coefficient (Wildman–Crippen LogP) is 5.99. The number of amides is 1. The van der Waals surface area contributed by atoms with Gasteiger partial charge in [0.05, 0.1) is 10.6 Å². The Bertz CT molecular complexity index is 1620. The summed E-state index contributed by atoms with van der Waals surface area (Å²) < 4.78 is 32.0. The van der Waals surface area contributed by atoms with Gasteiger partial charge in [0.1, 0.15) is 11.4 Å². The van der Waals surface area contributed by atoms with Crippen LogP contribution in [0.15, 0.2) is 79.1 Å². The third-order valence-electron chi connectivity index (χ3n) is 6.66. The molecule has 3 aromatic carbocycles. The van der Waals surface area contributed by atoms with Crippen LogP contribution >= 0.6 is 0 Å². The lowest BCUT2D eigenvalue weighted by Gasteiger charge is -2.32. The number of phenolic OH excluding ortho intramolecular Hbond substituents is 1. The van der Waals surface area contributed by atoms with Crippen LogP contribution in [0, 0.1) is 10.1 Å². The van der Waals surface area contributed by atoms with Crippen LogP contribution in [0.5, 0.6) is 5.75 Å². The highest BCUT2D eigenvalue weighted by molar-refractivity contribution is 7.80. The first kappa shape index (κ1) is 31.4. The van der Waals surface area contributed by atoms with Crippen LogP contribution < -0.4 is 4.31 Å². The second-order valence-corrected chi connectivity index (χ2v) is 11.8. The zero-order valence-corrected chi connectivity index (χ0v) is 25.0. The lowest BCUT2D eigenvalue weighted by molar-refractivity contribution is -0.384. The van der Waals surface area contributed by atoms with E-state index in [1.807, 2.05) is 6.07 Å². The summed E-state index contributed by atoms with van der Waals surface area (Å²) in [7, 11) is 0. The minimum absolute atomic E-state index is 0.000289. The van der Waals surface area contributed by atoms with Gasteiger partial charge in [-0.05, 0) is 69.0 Å². The Hall–Kier alpha value is -4.55. The quantitative estimate of drug-likeness (QED) is 0.125. The number of hydrogen-bond acceptors (Lipinski definition) is 8. The number of phenols is 1. The van der Waals surface area contributed by atoms with Gasteiger partial charge in [0.25, 0.3) is 5.69 Å². The number of fused-ring (bicyclic) bond motifs is 1. The molecule has 1 atom stereocenters. The van der Waals surface area contributed by atoms with Crippen molar-refractivity contribution in [1.82, 2.24) is 9.88 Å².